The number of carbonyl (C=O) groups is 1. The topological polar surface area (TPSA) is 69.0 Å². The Morgan fingerprint density at radius 2 is 1.86 bits per heavy atom. The fourth-order valence-corrected chi connectivity index (χ4v) is 3.77. The SMILES string of the molecule is CC[C@H](Sc1nnc(-c2ccccc2OC)n1C)C(=O)NCc1ccccc1. The lowest BCUT2D eigenvalue weighted by Crippen LogP contribution is -2.32. The van der Waals surface area contributed by atoms with Gasteiger partial charge in [-0.25, -0.2) is 0 Å². The average Bonchev–Trinajstić information content (AvgIpc) is 3.10. The third-order valence-electron chi connectivity index (χ3n) is 4.40. The molecule has 0 saturated heterocycles. The van der Waals surface area contributed by atoms with Crippen LogP contribution in [0.25, 0.3) is 11.4 Å². The summed E-state index contributed by atoms with van der Waals surface area (Å²) in [5, 5.41) is 12.1. The molecule has 0 fully saturated rings. The summed E-state index contributed by atoms with van der Waals surface area (Å²) in [6, 6.07) is 17.6. The van der Waals surface area contributed by atoms with Gasteiger partial charge in [0.25, 0.3) is 0 Å². The number of nitrogens with zero attached hydrogens (tertiary/aromatic N) is 3. The highest BCUT2D eigenvalue weighted by atomic mass is 32.2. The van der Waals surface area contributed by atoms with Gasteiger partial charge >= 0.3 is 0 Å². The molecule has 6 nitrogen and oxygen atoms in total. The van der Waals surface area contributed by atoms with Crippen LogP contribution in [0.2, 0.25) is 0 Å². The van der Waals surface area contributed by atoms with E-state index < -0.39 is 0 Å². The zero-order valence-corrected chi connectivity index (χ0v) is 17.1. The molecule has 1 atom stereocenters. The van der Waals surface area contributed by atoms with E-state index in [0.717, 1.165) is 16.9 Å². The minimum Gasteiger partial charge on any atom is -0.496 e. The number of para-hydroxylation sites is 1. The molecule has 146 valence electrons. The number of amides is 1. The van der Waals surface area contributed by atoms with Crippen LogP contribution in [-0.2, 0) is 18.4 Å². The molecule has 0 saturated carbocycles. The minimum atomic E-state index is -0.239. The second-order valence-corrected chi connectivity index (χ2v) is 7.45. The molecule has 1 aromatic heterocycles. The van der Waals surface area contributed by atoms with Crippen molar-refractivity contribution >= 4 is 17.7 Å². The summed E-state index contributed by atoms with van der Waals surface area (Å²) in [4.78, 5) is 12.6. The second kappa shape index (κ2) is 9.41. The van der Waals surface area contributed by atoms with Gasteiger partial charge in [-0.05, 0) is 24.1 Å². The molecule has 0 unspecified atom stereocenters. The quantitative estimate of drug-likeness (QED) is 0.588. The molecule has 0 radical (unpaired) electrons. The molecule has 3 rings (SSSR count). The summed E-state index contributed by atoms with van der Waals surface area (Å²) in [6.45, 7) is 2.51. The van der Waals surface area contributed by atoms with E-state index in [2.05, 4.69) is 15.5 Å². The Kier molecular flexibility index (Phi) is 6.71. The predicted octanol–water partition coefficient (Wildman–Crippen LogP) is 3.68. The first-order valence-corrected chi connectivity index (χ1v) is 10.0. The number of aromatic nitrogens is 3. The number of nitrogens with one attached hydrogen (secondary N) is 1. The van der Waals surface area contributed by atoms with Gasteiger partial charge in [-0.15, -0.1) is 10.2 Å². The normalized spacial score (nSPS) is 11.8. The molecule has 28 heavy (non-hydrogen) atoms. The Morgan fingerprint density at radius 1 is 1.14 bits per heavy atom. The zero-order chi connectivity index (χ0) is 19.9. The maximum absolute atomic E-state index is 12.6. The van der Waals surface area contributed by atoms with Crippen molar-refractivity contribution in [1.82, 2.24) is 20.1 Å². The van der Waals surface area contributed by atoms with Gasteiger partial charge in [0, 0.05) is 13.6 Å². The maximum atomic E-state index is 12.6. The van der Waals surface area contributed by atoms with Gasteiger partial charge in [-0.3, -0.25) is 4.79 Å². The number of benzene rings is 2. The third-order valence-corrected chi connectivity index (χ3v) is 5.80. The number of methoxy groups -OCH3 is 1. The molecule has 0 aliphatic carbocycles. The van der Waals surface area contributed by atoms with Crippen LogP contribution in [-0.4, -0.2) is 33.0 Å². The molecule has 0 spiro atoms. The van der Waals surface area contributed by atoms with Gasteiger partial charge in [0.1, 0.15) is 5.75 Å². The van der Waals surface area contributed by atoms with Crippen LogP contribution in [0, 0.1) is 0 Å². The fourth-order valence-electron chi connectivity index (χ4n) is 2.83. The van der Waals surface area contributed by atoms with Crippen LogP contribution < -0.4 is 10.1 Å². The lowest BCUT2D eigenvalue weighted by molar-refractivity contribution is -0.120. The van der Waals surface area contributed by atoms with Crippen molar-refractivity contribution in [2.75, 3.05) is 7.11 Å². The van der Waals surface area contributed by atoms with E-state index in [4.69, 9.17) is 4.74 Å². The smallest absolute Gasteiger partial charge is 0.233 e. The van der Waals surface area contributed by atoms with Crippen LogP contribution in [0.15, 0.2) is 59.8 Å². The molecular formula is C21H24N4O2S. The predicted molar refractivity (Wildman–Crippen MR) is 111 cm³/mol. The number of rotatable bonds is 8. The van der Waals surface area contributed by atoms with E-state index in [0.29, 0.717) is 23.9 Å². The molecule has 0 aliphatic rings. The van der Waals surface area contributed by atoms with Crippen LogP contribution in [0.5, 0.6) is 5.75 Å². The van der Waals surface area contributed by atoms with Gasteiger partial charge in [0.2, 0.25) is 5.91 Å². The average molecular weight is 397 g/mol. The number of hydrogen-bond donors (Lipinski definition) is 1. The van der Waals surface area contributed by atoms with E-state index in [1.807, 2.05) is 73.1 Å². The molecule has 0 bridgehead atoms. The molecule has 0 aliphatic heterocycles. The van der Waals surface area contributed by atoms with Gasteiger partial charge in [-0.1, -0.05) is 61.2 Å². The van der Waals surface area contributed by atoms with Crippen LogP contribution in [0.4, 0.5) is 0 Å². The van der Waals surface area contributed by atoms with Gasteiger partial charge in [0.05, 0.1) is 17.9 Å². The highest BCUT2D eigenvalue weighted by Gasteiger charge is 2.22. The van der Waals surface area contributed by atoms with Crippen molar-refractivity contribution in [2.45, 2.75) is 30.3 Å². The standard InChI is InChI=1S/C21H24N4O2S/c1-4-18(20(26)22-14-15-10-6-5-7-11-15)28-21-24-23-19(25(21)2)16-12-8-9-13-17(16)27-3/h5-13,18H,4,14H2,1-3H3,(H,22,26)/t18-/m0/s1. The third kappa shape index (κ3) is 4.54. The molecule has 2 aromatic carbocycles. The summed E-state index contributed by atoms with van der Waals surface area (Å²) in [5.74, 6) is 1.44. The Balaban J connectivity index is 1.71. The van der Waals surface area contributed by atoms with E-state index in [-0.39, 0.29) is 11.2 Å². The summed E-state index contributed by atoms with van der Waals surface area (Å²) in [7, 11) is 3.54. The van der Waals surface area contributed by atoms with Gasteiger partial charge in [-0.2, -0.15) is 0 Å². The number of carbonyl (C=O) groups excluding carboxylic acids is 1. The number of hydrogen-bond acceptors (Lipinski definition) is 5. The number of thioether (sulfide) groups is 1. The van der Waals surface area contributed by atoms with E-state index in [9.17, 15) is 4.79 Å². The Hall–Kier alpha value is -2.80. The van der Waals surface area contributed by atoms with Crippen LogP contribution in [0.3, 0.4) is 0 Å². The summed E-state index contributed by atoms with van der Waals surface area (Å²) >= 11 is 1.42. The molecular weight excluding hydrogens is 372 g/mol. The van der Waals surface area contributed by atoms with Gasteiger partial charge < -0.3 is 14.6 Å². The first-order valence-electron chi connectivity index (χ1n) is 9.15. The Labute approximate surface area is 169 Å². The van der Waals surface area contributed by atoms with Crippen molar-refractivity contribution in [3.8, 4) is 17.1 Å². The first kappa shape index (κ1) is 19.9. The summed E-state index contributed by atoms with van der Waals surface area (Å²) in [6.07, 6.45) is 0.697. The van der Waals surface area contributed by atoms with E-state index >= 15 is 0 Å². The van der Waals surface area contributed by atoms with Crippen LogP contribution >= 0.6 is 11.8 Å². The monoisotopic (exact) mass is 396 g/mol. The molecule has 7 heteroatoms. The van der Waals surface area contributed by atoms with Gasteiger partial charge in [0.15, 0.2) is 11.0 Å². The highest BCUT2D eigenvalue weighted by molar-refractivity contribution is 8.00. The Morgan fingerprint density at radius 3 is 2.57 bits per heavy atom. The van der Waals surface area contributed by atoms with Crippen molar-refractivity contribution in [1.29, 1.82) is 0 Å². The van der Waals surface area contributed by atoms with Crippen molar-refractivity contribution < 1.29 is 9.53 Å². The van der Waals surface area contributed by atoms with Crippen molar-refractivity contribution in [3.05, 3.63) is 60.2 Å². The summed E-state index contributed by atoms with van der Waals surface area (Å²) in [5.41, 5.74) is 1.95. The lowest BCUT2D eigenvalue weighted by Gasteiger charge is -2.14. The second-order valence-electron chi connectivity index (χ2n) is 6.28. The first-order chi connectivity index (χ1) is 13.6. The van der Waals surface area contributed by atoms with E-state index in [1.165, 1.54) is 11.8 Å². The summed E-state index contributed by atoms with van der Waals surface area (Å²) < 4.78 is 7.32. The fraction of sp³-hybridized carbons (Fsp3) is 0.286. The lowest BCUT2D eigenvalue weighted by atomic mass is 10.2. The Bertz CT molecular complexity index is 927. The largest absolute Gasteiger partial charge is 0.496 e. The molecule has 1 heterocycles. The minimum absolute atomic E-state index is 0.00167. The van der Waals surface area contributed by atoms with Crippen molar-refractivity contribution in [3.63, 3.8) is 0 Å². The maximum Gasteiger partial charge on any atom is 0.233 e. The molecule has 1 amide bonds. The number of ether oxygens (including phenoxy) is 1. The molecule has 1 N–H and O–H groups in total. The van der Waals surface area contributed by atoms with Crippen LogP contribution in [0.1, 0.15) is 18.9 Å². The van der Waals surface area contributed by atoms with E-state index in [1.54, 1.807) is 7.11 Å². The van der Waals surface area contributed by atoms with Crippen molar-refractivity contribution in [2.24, 2.45) is 7.05 Å². The zero-order valence-electron chi connectivity index (χ0n) is 16.3. The highest BCUT2D eigenvalue weighted by Crippen LogP contribution is 2.31. The molecule has 3 aromatic rings.